The summed E-state index contributed by atoms with van der Waals surface area (Å²) >= 11 is 1.46. The first kappa shape index (κ1) is 20.6. The minimum Gasteiger partial charge on any atom is -0.480 e. The average molecular weight is 392 g/mol. The van der Waals surface area contributed by atoms with Crippen molar-refractivity contribution < 1.29 is 19.5 Å². The Morgan fingerprint density at radius 1 is 1.30 bits per heavy atom. The predicted molar refractivity (Wildman–Crippen MR) is 102 cm³/mol. The standard InChI is InChI=1S/C18H24N4O4S/c1-10(2)7-14(17(25)26)21-15(23)9-20-16(24)13-8-11(3)22(12(13)4)18-19-5-6-27-18/h5-6,8,10,14H,7,9H2,1-4H3,(H,20,24)(H,21,23)(H,25,26)/t14-/m0/s1. The lowest BCUT2D eigenvalue weighted by Crippen LogP contribution is -2.46. The first-order valence-corrected chi connectivity index (χ1v) is 9.47. The first-order valence-electron chi connectivity index (χ1n) is 8.59. The van der Waals surface area contributed by atoms with Crippen molar-refractivity contribution in [3.05, 3.63) is 34.6 Å². The molecule has 0 aliphatic carbocycles. The molecule has 27 heavy (non-hydrogen) atoms. The van der Waals surface area contributed by atoms with Crippen LogP contribution in [0.15, 0.2) is 17.6 Å². The quantitative estimate of drug-likeness (QED) is 0.635. The van der Waals surface area contributed by atoms with E-state index in [0.717, 1.165) is 16.5 Å². The number of amides is 2. The van der Waals surface area contributed by atoms with Gasteiger partial charge in [-0.15, -0.1) is 11.3 Å². The van der Waals surface area contributed by atoms with E-state index in [1.54, 1.807) is 12.3 Å². The molecular weight excluding hydrogens is 368 g/mol. The maximum absolute atomic E-state index is 12.5. The number of hydrogen-bond acceptors (Lipinski definition) is 5. The molecule has 0 aliphatic heterocycles. The highest BCUT2D eigenvalue weighted by Crippen LogP contribution is 2.22. The van der Waals surface area contributed by atoms with E-state index in [-0.39, 0.29) is 12.5 Å². The van der Waals surface area contributed by atoms with E-state index in [2.05, 4.69) is 15.6 Å². The van der Waals surface area contributed by atoms with Crippen molar-refractivity contribution >= 4 is 29.1 Å². The summed E-state index contributed by atoms with van der Waals surface area (Å²) in [5, 5.41) is 16.8. The fourth-order valence-corrected chi connectivity index (χ4v) is 3.56. The summed E-state index contributed by atoms with van der Waals surface area (Å²) in [6.45, 7) is 7.15. The zero-order valence-electron chi connectivity index (χ0n) is 15.8. The number of carbonyl (C=O) groups excluding carboxylic acids is 2. The molecule has 9 heteroatoms. The number of nitrogens with one attached hydrogen (secondary N) is 2. The molecule has 0 spiro atoms. The van der Waals surface area contributed by atoms with Crippen LogP contribution in [0.3, 0.4) is 0 Å². The number of rotatable bonds is 8. The molecule has 2 aromatic heterocycles. The Labute approximate surface area is 161 Å². The Balaban J connectivity index is 2.01. The lowest BCUT2D eigenvalue weighted by Gasteiger charge is -2.16. The van der Waals surface area contributed by atoms with E-state index < -0.39 is 23.8 Å². The summed E-state index contributed by atoms with van der Waals surface area (Å²) in [7, 11) is 0. The highest BCUT2D eigenvalue weighted by Gasteiger charge is 2.22. The van der Waals surface area contributed by atoms with Gasteiger partial charge in [0.1, 0.15) is 6.04 Å². The fourth-order valence-electron chi connectivity index (χ4n) is 2.81. The Morgan fingerprint density at radius 2 is 2.00 bits per heavy atom. The minimum absolute atomic E-state index is 0.122. The van der Waals surface area contributed by atoms with E-state index in [0.29, 0.717) is 12.0 Å². The highest BCUT2D eigenvalue weighted by molar-refractivity contribution is 7.12. The van der Waals surface area contributed by atoms with Crippen LogP contribution >= 0.6 is 11.3 Å². The summed E-state index contributed by atoms with van der Waals surface area (Å²) in [5.74, 6) is -1.89. The number of hydrogen-bond donors (Lipinski definition) is 3. The molecule has 0 saturated heterocycles. The van der Waals surface area contributed by atoms with Crippen molar-refractivity contribution in [1.29, 1.82) is 0 Å². The second kappa shape index (κ2) is 8.81. The van der Waals surface area contributed by atoms with E-state index in [9.17, 15) is 19.5 Å². The number of carbonyl (C=O) groups is 3. The zero-order chi connectivity index (χ0) is 20.1. The molecule has 0 fully saturated rings. The molecule has 3 N–H and O–H groups in total. The van der Waals surface area contributed by atoms with Gasteiger partial charge < -0.3 is 15.7 Å². The molecular formula is C18H24N4O4S. The predicted octanol–water partition coefficient (Wildman–Crippen LogP) is 1.90. The highest BCUT2D eigenvalue weighted by atomic mass is 32.1. The molecule has 2 amide bonds. The molecule has 2 aromatic rings. The molecule has 0 aromatic carbocycles. The van der Waals surface area contributed by atoms with Crippen molar-refractivity contribution in [3.63, 3.8) is 0 Å². The molecule has 0 aliphatic rings. The first-order chi connectivity index (χ1) is 12.7. The van der Waals surface area contributed by atoms with Crippen LogP contribution in [0.5, 0.6) is 0 Å². The third kappa shape index (κ3) is 5.16. The van der Waals surface area contributed by atoms with Crippen LogP contribution in [0.1, 0.15) is 42.0 Å². The van der Waals surface area contributed by atoms with E-state index in [1.165, 1.54) is 11.3 Å². The van der Waals surface area contributed by atoms with Gasteiger partial charge in [0, 0.05) is 23.0 Å². The summed E-state index contributed by atoms with van der Waals surface area (Å²) in [6, 6.07) is 0.771. The molecule has 0 unspecified atom stereocenters. The van der Waals surface area contributed by atoms with E-state index in [1.807, 2.05) is 37.6 Å². The molecule has 2 rings (SSSR count). The Bertz CT molecular complexity index is 827. The van der Waals surface area contributed by atoms with Gasteiger partial charge in [-0.1, -0.05) is 13.8 Å². The smallest absolute Gasteiger partial charge is 0.326 e. The SMILES string of the molecule is Cc1cc(C(=O)NCC(=O)N[C@@H](CC(C)C)C(=O)O)c(C)n1-c1nccs1. The van der Waals surface area contributed by atoms with Gasteiger partial charge in [-0.2, -0.15) is 0 Å². The van der Waals surface area contributed by atoms with Crippen LogP contribution in [-0.4, -0.2) is 45.0 Å². The number of thiazole rings is 1. The lowest BCUT2D eigenvalue weighted by atomic mass is 10.0. The topological polar surface area (TPSA) is 113 Å². The van der Waals surface area contributed by atoms with Crippen molar-refractivity contribution in [2.45, 2.75) is 40.2 Å². The second-order valence-electron chi connectivity index (χ2n) is 6.71. The fraction of sp³-hybridized carbons (Fsp3) is 0.444. The van der Waals surface area contributed by atoms with Crippen molar-refractivity contribution in [1.82, 2.24) is 20.2 Å². The summed E-state index contributed by atoms with van der Waals surface area (Å²) in [4.78, 5) is 40.0. The Kier molecular flexibility index (Phi) is 6.73. The molecule has 0 bridgehead atoms. The van der Waals surface area contributed by atoms with Gasteiger partial charge in [-0.25, -0.2) is 9.78 Å². The third-order valence-electron chi connectivity index (χ3n) is 4.04. The van der Waals surface area contributed by atoms with Crippen molar-refractivity contribution in [2.75, 3.05) is 6.54 Å². The van der Waals surface area contributed by atoms with Crippen LogP contribution in [0.4, 0.5) is 0 Å². The monoisotopic (exact) mass is 392 g/mol. The molecule has 146 valence electrons. The Hall–Kier alpha value is -2.68. The number of aliphatic carboxylic acids is 1. The van der Waals surface area contributed by atoms with Gasteiger partial charge in [-0.3, -0.25) is 14.2 Å². The zero-order valence-corrected chi connectivity index (χ0v) is 16.6. The summed E-state index contributed by atoms with van der Waals surface area (Å²) < 4.78 is 1.88. The van der Waals surface area contributed by atoms with Crippen LogP contribution in [-0.2, 0) is 9.59 Å². The largest absolute Gasteiger partial charge is 0.480 e. The van der Waals surface area contributed by atoms with Crippen molar-refractivity contribution in [3.8, 4) is 5.13 Å². The minimum atomic E-state index is -1.09. The summed E-state index contributed by atoms with van der Waals surface area (Å²) in [6.07, 6.45) is 2.02. The van der Waals surface area contributed by atoms with Gasteiger partial charge in [0.05, 0.1) is 12.1 Å². The number of aryl methyl sites for hydroxylation is 1. The number of nitrogens with zero attached hydrogens (tertiary/aromatic N) is 2. The van der Waals surface area contributed by atoms with Crippen LogP contribution in [0.2, 0.25) is 0 Å². The normalized spacial score (nSPS) is 12.0. The van der Waals surface area contributed by atoms with Gasteiger partial charge in [0.25, 0.3) is 5.91 Å². The Morgan fingerprint density at radius 3 is 2.56 bits per heavy atom. The molecule has 8 nitrogen and oxygen atoms in total. The molecule has 0 radical (unpaired) electrons. The van der Waals surface area contributed by atoms with E-state index >= 15 is 0 Å². The lowest BCUT2D eigenvalue weighted by molar-refractivity contribution is -0.142. The van der Waals surface area contributed by atoms with Crippen molar-refractivity contribution in [2.24, 2.45) is 5.92 Å². The van der Waals surface area contributed by atoms with Crippen LogP contribution < -0.4 is 10.6 Å². The van der Waals surface area contributed by atoms with Crippen LogP contribution in [0.25, 0.3) is 5.13 Å². The van der Waals surface area contributed by atoms with Gasteiger partial charge in [0.2, 0.25) is 5.91 Å². The van der Waals surface area contributed by atoms with E-state index in [4.69, 9.17) is 0 Å². The molecule has 2 heterocycles. The van der Waals surface area contributed by atoms with Gasteiger partial charge in [0.15, 0.2) is 5.13 Å². The maximum Gasteiger partial charge on any atom is 0.326 e. The maximum atomic E-state index is 12.5. The number of aromatic nitrogens is 2. The van der Waals surface area contributed by atoms with Gasteiger partial charge in [-0.05, 0) is 32.3 Å². The number of carboxylic acids is 1. The third-order valence-corrected chi connectivity index (χ3v) is 4.79. The van der Waals surface area contributed by atoms with Crippen LogP contribution in [0, 0.1) is 19.8 Å². The molecule has 0 saturated carbocycles. The number of carboxylic acid groups (broad SMARTS) is 1. The molecule has 1 atom stereocenters. The summed E-state index contributed by atoms with van der Waals surface area (Å²) in [5.41, 5.74) is 2.04. The van der Waals surface area contributed by atoms with Gasteiger partial charge >= 0.3 is 5.97 Å². The average Bonchev–Trinajstić information content (AvgIpc) is 3.19. The second-order valence-corrected chi connectivity index (χ2v) is 7.58.